The SMILES string of the molecule is O=C(O)c1ccc(CNCCSCCCO)cc1F. The Balaban J connectivity index is 2.26. The number of rotatable bonds is 9. The Morgan fingerprint density at radius 1 is 1.37 bits per heavy atom. The molecule has 19 heavy (non-hydrogen) atoms. The number of aromatic carboxylic acids is 1. The maximum absolute atomic E-state index is 13.4. The van der Waals surface area contributed by atoms with Crippen molar-refractivity contribution in [3.8, 4) is 0 Å². The molecule has 0 radical (unpaired) electrons. The molecule has 0 saturated carbocycles. The second-order valence-corrected chi connectivity index (χ2v) is 5.21. The number of carboxylic acids is 1. The fourth-order valence-electron chi connectivity index (χ4n) is 1.49. The van der Waals surface area contributed by atoms with E-state index in [4.69, 9.17) is 10.2 Å². The molecule has 0 saturated heterocycles. The third-order valence-corrected chi connectivity index (χ3v) is 3.53. The predicted octanol–water partition coefficient (Wildman–Crippen LogP) is 1.73. The minimum atomic E-state index is -1.25. The summed E-state index contributed by atoms with van der Waals surface area (Å²) in [6.45, 7) is 1.52. The van der Waals surface area contributed by atoms with Crippen LogP contribution in [0.4, 0.5) is 4.39 Å². The average molecular weight is 287 g/mol. The van der Waals surface area contributed by atoms with Crippen molar-refractivity contribution >= 4 is 17.7 Å². The van der Waals surface area contributed by atoms with Gasteiger partial charge in [0, 0.05) is 25.4 Å². The van der Waals surface area contributed by atoms with Gasteiger partial charge in [0.2, 0.25) is 0 Å². The summed E-state index contributed by atoms with van der Waals surface area (Å²) in [4.78, 5) is 10.6. The molecule has 0 aliphatic heterocycles. The predicted molar refractivity (Wildman–Crippen MR) is 74.1 cm³/mol. The summed E-state index contributed by atoms with van der Waals surface area (Å²) < 4.78 is 13.4. The van der Waals surface area contributed by atoms with E-state index in [1.165, 1.54) is 12.1 Å². The van der Waals surface area contributed by atoms with Crippen molar-refractivity contribution in [2.75, 3.05) is 24.7 Å². The van der Waals surface area contributed by atoms with Gasteiger partial charge in [0.1, 0.15) is 5.82 Å². The van der Waals surface area contributed by atoms with Crippen LogP contribution in [0.25, 0.3) is 0 Å². The highest BCUT2D eigenvalue weighted by Gasteiger charge is 2.09. The number of aliphatic hydroxyl groups is 1. The highest BCUT2D eigenvalue weighted by Crippen LogP contribution is 2.10. The van der Waals surface area contributed by atoms with Gasteiger partial charge in [-0.25, -0.2) is 9.18 Å². The first-order valence-corrected chi connectivity index (χ1v) is 7.21. The van der Waals surface area contributed by atoms with Gasteiger partial charge in [-0.2, -0.15) is 11.8 Å². The van der Waals surface area contributed by atoms with E-state index in [-0.39, 0.29) is 12.2 Å². The molecule has 0 aromatic heterocycles. The Kier molecular flexibility index (Phi) is 7.47. The van der Waals surface area contributed by atoms with Crippen molar-refractivity contribution in [1.82, 2.24) is 5.32 Å². The smallest absolute Gasteiger partial charge is 0.338 e. The summed E-state index contributed by atoms with van der Waals surface area (Å²) in [7, 11) is 0. The summed E-state index contributed by atoms with van der Waals surface area (Å²) in [5, 5.41) is 20.5. The van der Waals surface area contributed by atoms with Gasteiger partial charge < -0.3 is 15.5 Å². The summed E-state index contributed by atoms with van der Waals surface area (Å²) in [5.41, 5.74) is 0.422. The van der Waals surface area contributed by atoms with E-state index in [1.54, 1.807) is 17.8 Å². The van der Waals surface area contributed by atoms with Crippen molar-refractivity contribution in [1.29, 1.82) is 0 Å². The maximum Gasteiger partial charge on any atom is 0.338 e. The summed E-state index contributed by atoms with van der Waals surface area (Å²) in [6, 6.07) is 4.14. The molecular formula is C13H18FNO3S. The zero-order valence-electron chi connectivity index (χ0n) is 10.6. The number of thioether (sulfide) groups is 1. The number of benzene rings is 1. The molecule has 0 bridgehead atoms. The molecule has 0 aliphatic rings. The summed E-state index contributed by atoms with van der Waals surface area (Å²) >= 11 is 1.75. The Hall–Kier alpha value is -1.11. The zero-order valence-corrected chi connectivity index (χ0v) is 11.4. The van der Waals surface area contributed by atoms with E-state index < -0.39 is 11.8 Å². The molecular weight excluding hydrogens is 269 g/mol. The molecule has 0 heterocycles. The quantitative estimate of drug-likeness (QED) is 0.603. The molecule has 4 nitrogen and oxygen atoms in total. The van der Waals surface area contributed by atoms with Gasteiger partial charge in [-0.05, 0) is 29.9 Å². The lowest BCUT2D eigenvalue weighted by molar-refractivity contribution is 0.0692. The van der Waals surface area contributed by atoms with Crippen LogP contribution in [-0.4, -0.2) is 40.8 Å². The normalized spacial score (nSPS) is 10.6. The van der Waals surface area contributed by atoms with Crippen LogP contribution in [0.5, 0.6) is 0 Å². The van der Waals surface area contributed by atoms with E-state index in [1.807, 2.05) is 0 Å². The van der Waals surface area contributed by atoms with Crippen LogP contribution in [-0.2, 0) is 6.54 Å². The molecule has 106 valence electrons. The van der Waals surface area contributed by atoms with Crippen molar-refractivity contribution in [2.24, 2.45) is 0 Å². The van der Waals surface area contributed by atoms with Crippen LogP contribution in [0, 0.1) is 5.82 Å². The van der Waals surface area contributed by atoms with Crippen molar-refractivity contribution in [3.05, 3.63) is 35.1 Å². The van der Waals surface area contributed by atoms with Crippen LogP contribution in [0.3, 0.4) is 0 Å². The third-order valence-electron chi connectivity index (χ3n) is 2.46. The lowest BCUT2D eigenvalue weighted by Crippen LogP contribution is -2.17. The van der Waals surface area contributed by atoms with Gasteiger partial charge in [0.05, 0.1) is 5.56 Å². The zero-order chi connectivity index (χ0) is 14.1. The van der Waals surface area contributed by atoms with E-state index in [0.29, 0.717) is 6.54 Å². The Bertz CT molecular complexity index is 415. The second kappa shape index (κ2) is 8.90. The Morgan fingerprint density at radius 2 is 2.16 bits per heavy atom. The number of hydrogen-bond acceptors (Lipinski definition) is 4. The van der Waals surface area contributed by atoms with Crippen LogP contribution in [0.1, 0.15) is 22.3 Å². The number of hydrogen-bond donors (Lipinski definition) is 3. The van der Waals surface area contributed by atoms with E-state index in [9.17, 15) is 9.18 Å². The number of carbonyl (C=O) groups is 1. The molecule has 0 spiro atoms. The number of carboxylic acid groups (broad SMARTS) is 1. The first-order valence-electron chi connectivity index (χ1n) is 6.06. The lowest BCUT2D eigenvalue weighted by atomic mass is 10.1. The highest BCUT2D eigenvalue weighted by molar-refractivity contribution is 7.99. The third kappa shape index (κ3) is 6.04. The molecule has 6 heteroatoms. The Morgan fingerprint density at radius 3 is 2.79 bits per heavy atom. The van der Waals surface area contributed by atoms with Gasteiger partial charge in [-0.3, -0.25) is 0 Å². The molecule has 0 amide bonds. The fraction of sp³-hybridized carbons (Fsp3) is 0.462. The molecule has 1 aromatic rings. The minimum absolute atomic E-state index is 0.218. The first kappa shape index (κ1) is 15.9. The molecule has 0 atom stereocenters. The maximum atomic E-state index is 13.4. The second-order valence-electron chi connectivity index (χ2n) is 3.99. The highest BCUT2D eigenvalue weighted by atomic mass is 32.2. The van der Waals surface area contributed by atoms with Gasteiger partial charge >= 0.3 is 5.97 Å². The van der Waals surface area contributed by atoms with Crippen molar-refractivity contribution in [3.63, 3.8) is 0 Å². The van der Waals surface area contributed by atoms with Crippen LogP contribution < -0.4 is 5.32 Å². The largest absolute Gasteiger partial charge is 0.478 e. The molecule has 1 rings (SSSR count). The van der Waals surface area contributed by atoms with E-state index in [0.717, 1.165) is 30.0 Å². The monoisotopic (exact) mass is 287 g/mol. The van der Waals surface area contributed by atoms with Crippen molar-refractivity contribution in [2.45, 2.75) is 13.0 Å². The average Bonchev–Trinajstić information content (AvgIpc) is 2.37. The Labute approximate surface area is 116 Å². The molecule has 3 N–H and O–H groups in total. The van der Waals surface area contributed by atoms with Gasteiger partial charge in [-0.15, -0.1) is 0 Å². The van der Waals surface area contributed by atoms with E-state index >= 15 is 0 Å². The fourth-order valence-corrected chi connectivity index (χ4v) is 2.31. The summed E-state index contributed by atoms with van der Waals surface area (Å²) in [6.07, 6.45) is 0.798. The molecule has 1 aromatic carbocycles. The molecule has 0 aliphatic carbocycles. The molecule has 0 fully saturated rings. The number of aliphatic hydroxyl groups excluding tert-OH is 1. The number of halogens is 1. The van der Waals surface area contributed by atoms with Gasteiger partial charge in [0.15, 0.2) is 0 Å². The minimum Gasteiger partial charge on any atom is -0.478 e. The lowest BCUT2D eigenvalue weighted by Gasteiger charge is -2.06. The first-order chi connectivity index (χ1) is 9.15. The number of nitrogens with one attached hydrogen (secondary N) is 1. The van der Waals surface area contributed by atoms with Crippen molar-refractivity contribution < 1.29 is 19.4 Å². The van der Waals surface area contributed by atoms with E-state index in [2.05, 4.69) is 5.32 Å². The summed E-state index contributed by atoms with van der Waals surface area (Å²) in [5.74, 6) is -0.100. The van der Waals surface area contributed by atoms with Crippen LogP contribution in [0.15, 0.2) is 18.2 Å². The topological polar surface area (TPSA) is 69.6 Å². The van der Waals surface area contributed by atoms with Gasteiger partial charge in [0.25, 0.3) is 0 Å². The molecule has 0 unspecified atom stereocenters. The standard InChI is InChI=1S/C13H18FNO3S/c14-12-8-10(2-3-11(12)13(17)18)9-15-4-7-19-6-1-5-16/h2-3,8,15-16H,1,4-7,9H2,(H,17,18). The van der Waals surface area contributed by atoms with Gasteiger partial charge in [-0.1, -0.05) is 6.07 Å². The van der Waals surface area contributed by atoms with Crippen LogP contribution >= 0.6 is 11.8 Å². The van der Waals surface area contributed by atoms with Crippen LogP contribution in [0.2, 0.25) is 0 Å².